The van der Waals surface area contributed by atoms with Gasteiger partial charge in [0.1, 0.15) is 5.82 Å². The van der Waals surface area contributed by atoms with Crippen molar-refractivity contribution in [2.75, 3.05) is 11.9 Å². The van der Waals surface area contributed by atoms with Crippen LogP contribution in [0.2, 0.25) is 0 Å². The van der Waals surface area contributed by atoms with Crippen molar-refractivity contribution in [1.82, 2.24) is 0 Å². The quantitative estimate of drug-likeness (QED) is 0.865. The fraction of sp³-hybridized carbons (Fsp3) is 0.429. The number of carboxylic acid groups (broad SMARTS) is 1. The van der Waals surface area contributed by atoms with Gasteiger partial charge in [-0.15, -0.1) is 0 Å². The molecule has 1 aliphatic rings. The van der Waals surface area contributed by atoms with Gasteiger partial charge in [-0.25, -0.2) is 4.39 Å². The number of amides is 1. The van der Waals surface area contributed by atoms with Crippen LogP contribution in [0.3, 0.4) is 0 Å². The molecule has 5 nitrogen and oxygen atoms in total. The van der Waals surface area contributed by atoms with Gasteiger partial charge < -0.3 is 15.2 Å². The zero-order chi connectivity index (χ0) is 14.5. The van der Waals surface area contributed by atoms with Crippen molar-refractivity contribution in [2.45, 2.75) is 31.8 Å². The summed E-state index contributed by atoms with van der Waals surface area (Å²) in [7, 11) is 0. The Morgan fingerprint density at radius 1 is 1.45 bits per heavy atom. The lowest BCUT2D eigenvalue weighted by Crippen LogP contribution is -2.19. The largest absolute Gasteiger partial charge is 0.481 e. The second-order valence-electron chi connectivity index (χ2n) is 4.76. The molecule has 1 aliphatic heterocycles. The van der Waals surface area contributed by atoms with Crippen LogP contribution in [0.25, 0.3) is 0 Å². The highest BCUT2D eigenvalue weighted by Gasteiger charge is 2.19. The normalized spacial score (nSPS) is 17.9. The molecule has 1 amide bonds. The van der Waals surface area contributed by atoms with E-state index in [9.17, 15) is 14.0 Å². The highest BCUT2D eigenvalue weighted by atomic mass is 19.1. The first-order valence-electron chi connectivity index (χ1n) is 6.46. The van der Waals surface area contributed by atoms with Gasteiger partial charge in [0.25, 0.3) is 0 Å². The number of ether oxygens (including phenoxy) is 1. The summed E-state index contributed by atoms with van der Waals surface area (Å²) in [5.74, 6) is -1.97. The van der Waals surface area contributed by atoms with Crippen LogP contribution in [-0.4, -0.2) is 29.7 Å². The van der Waals surface area contributed by atoms with E-state index in [1.165, 1.54) is 12.1 Å². The lowest BCUT2D eigenvalue weighted by atomic mass is 10.1. The summed E-state index contributed by atoms with van der Waals surface area (Å²) in [5.41, 5.74) is 0.411. The minimum Gasteiger partial charge on any atom is -0.481 e. The molecule has 0 saturated carbocycles. The zero-order valence-electron chi connectivity index (χ0n) is 10.9. The lowest BCUT2D eigenvalue weighted by molar-refractivity contribution is -0.136. The second kappa shape index (κ2) is 6.47. The topological polar surface area (TPSA) is 75.6 Å². The van der Waals surface area contributed by atoms with Crippen LogP contribution in [0.5, 0.6) is 0 Å². The predicted octanol–water partition coefficient (Wildman–Crippen LogP) is 1.96. The molecule has 1 fully saturated rings. The van der Waals surface area contributed by atoms with Gasteiger partial charge in [0, 0.05) is 12.3 Å². The third-order valence-corrected chi connectivity index (χ3v) is 3.12. The van der Waals surface area contributed by atoms with Crippen molar-refractivity contribution < 1.29 is 23.8 Å². The Balaban J connectivity index is 1.93. The summed E-state index contributed by atoms with van der Waals surface area (Å²) >= 11 is 0. The summed E-state index contributed by atoms with van der Waals surface area (Å²) in [5, 5.41) is 11.2. The van der Waals surface area contributed by atoms with E-state index in [2.05, 4.69) is 5.32 Å². The van der Waals surface area contributed by atoms with Gasteiger partial charge in [-0.05, 0) is 30.5 Å². The van der Waals surface area contributed by atoms with Gasteiger partial charge in [-0.3, -0.25) is 9.59 Å². The van der Waals surface area contributed by atoms with Crippen LogP contribution < -0.4 is 5.32 Å². The number of anilines is 1. The summed E-state index contributed by atoms with van der Waals surface area (Å²) in [6, 6.07) is 3.99. The molecule has 108 valence electrons. The summed E-state index contributed by atoms with van der Waals surface area (Å²) in [4.78, 5) is 22.3. The zero-order valence-corrected chi connectivity index (χ0v) is 10.9. The fourth-order valence-electron chi connectivity index (χ4n) is 2.16. The average Bonchev–Trinajstić information content (AvgIpc) is 2.85. The molecule has 2 rings (SSSR count). The Labute approximate surface area is 115 Å². The third-order valence-electron chi connectivity index (χ3n) is 3.12. The van der Waals surface area contributed by atoms with E-state index in [0.717, 1.165) is 18.9 Å². The summed E-state index contributed by atoms with van der Waals surface area (Å²) < 4.78 is 19.0. The van der Waals surface area contributed by atoms with Crippen LogP contribution in [0, 0.1) is 5.82 Å². The molecule has 0 spiro atoms. The van der Waals surface area contributed by atoms with E-state index in [0.29, 0.717) is 12.3 Å². The molecule has 20 heavy (non-hydrogen) atoms. The van der Waals surface area contributed by atoms with Crippen LogP contribution in [0.4, 0.5) is 10.1 Å². The number of carbonyl (C=O) groups is 2. The molecule has 0 aliphatic carbocycles. The molecule has 1 saturated heterocycles. The van der Waals surface area contributed by atoms with Crippen LogP contribution in [-0.2, 0) is 20.7 Å². The predicted molar refractivity (Wildman–Crippen MR) is 70.0 cm³/mol. The first-order valence-corrected chi connectivity index (χ1v) is 6.46. The Bertz CT molecular complexity index is 512. The van der Waals surface area contributed by atoms with E-state index in [1.807, 2.05) is 0 Å². The molecular weight excluding hydrogens is 265 g/mol. The number of carboxylic acids is 1. The van der Waals surface area contributed by atoms with Gasteiger partial charge in [0.2, 0.25) is 5.91 Å². The average molecular weight is 281 g/mol. The molecule has 1 atom stereocenters. The number of halogens is 1. The van der Waals surface area contributed by atoms with Crippen molar-refractivity contribution in [3.8, 4) is 0 Å². The Hall–Kier alpha value is -1.95. The highest BCUT2D eigenvalue weighted by molar-refractivity contribution is 5.91. The SMILES string of the molecule is O=C(O)Cc1ccc(NC(=O)C[C@@H]2CCCO2)cc1F. The number of hydrogen-bond donors (Lipinski definition) is 2. The Morgan fingerprint density at radius 2 is 2.25 bits per heavy atom. The van der Waals surface area contributed by atoms with Crippen LogP contribution >= 0.6 is 0 Å². The lowest BCUT2D eigenvalue weighted by Gasteiger charge is -2.10. The smallest absolute Gasteiger partial charge is 0.307 e. The van der Waals surface area contributed by atoms with Crippen molar-refractivity contribution in [3.05, 3.63) is 29.6 Å². The number of hydrogen-bond acceptors (Lipinski definition) is 3. The van der Waals surface area contributed by atoms with Crippen molar-refractivity contribution in [1.29, 1.82) is 0 Å². The monoisotopic (exact) mass is 281 g/mol. The molecule has 1 heterocycles. The van der Waals surface area contributed by atoms with Crippen LogP contribution in [0.1, 0.15) is 24.8 Å². The van der Waals surface area contributed by atoms with E-state index < -0.39 is 11.8 Å². The van der Waals surface area contributed by atoms with E-state index in [-0.39, 0.29) is 30.4 Å². The molecule has 0 bridgehead atoms. The van der Waals surface area contributed by atoms with Gasteiger partial charge in [0.05, 0.1) is 18.9 Å². The molecule has 1 aromatic rings. The van der Waals surface area contributed by atoms with E-state index >= 15 is 0 Å². The molecule has 2 N–H and O–H groups in total. The Kier molecular flexibility index (Phi) is 4.68. The summed E-state index contributed by atoms with van der Waals surface area (Å²) in [6.07, 6.45) is 1.62. The summed E-state index contributed by atoms with van der Waals surface area (Å²) in [6.45, 7) is 0.677. The van der Waals surface area contributed by atoms with Crippen LogP contribution in [0.15, 0.2) is 18.2 Å². The molecule has 0 radical (unpaired) electrons. The van der Waals surface area contributed by atoms with Crippen molar-refractivity contribution in [3.63, 3.8) is 0 Å². The molecular formula is C14H16FNO4. The molecule has 1 aromatic carbocycles. The minimum absolute atomic E-state index is 0.0638. The molecule has 0 unspecified atom stereocenters. The fourth-order valence-corrected chi connectivity index (χ4v) is 2.16. The maximum Gasteiger partial charge on any atom is 0.307 e. The minimum atomic E-state index is -1.10. The molecule has 6 heteroatoms. The van der Waals surface area contributed by atoms with Gasteiger partial charge in [-0.2, -0.15) is 0 Å². The maximum absolute atomic E-state index is 13.6. The first-order chi connectivity index (χ1) is 9.54. The van der Waals surface area contributed by atoms with Gasteiger partial charge in [-0.1, -0.05) is 6.07 Å². The Morgan fingerprint density at radius 3 is 2.85 bits per heavy atom. The van der Waals surface area contributed by atoms with Gasteiger partial charge >= 0.3 is 5.97 Å². The maximum atomic E-state index is 13.6. The second-order valence-corrected chi connectivity index (χ2v) is 4.76. The highest BCUT2D eigenvalue weighted by Crippen LogP contribution is 2.18. The molecule has 0 aromatic heterocycles. The third kappa shape index (κ3) is 4.03. The van der Waals surface area contributed by atoms with Crippen molar-refractivity contribution >= 4 is 17.6 Å². The van der Waals surface area contributed by atoms with E-state index in [1.54, 1.807) is 0 Å². The number of aliphatic carboxylic acids is 1. The number of nitrogens with one attached hydrogen (secondary N) is 1. The van der Waals surface area contributed by atoms with Crippen molar-refractivity contribution in [2.24, 2.45) is 0 Å². The number of benzene rings is 1. The first kappa shape index (κ1) is 14.5. The van der Waals surface area contributed by atoms with Gasteiger partial charge in [0.15, 0.2) is 0 Å². The number of rotatable bonds is 5. The standard InChI is InChI=1S/C14H16FNO4/c15-12-7-10(4-3-9(12)6-14(18)19)16-13(17)8-11-2-1-5-20-11/h3-4,7,11H,1-2,5-6,8H2,(H,16,17)(H,18,19)/t11-/m0/s1. The van der Waals surface area contributed by atoms with E-state index in [4.69, 9.17) is 9.84 Å². The number of carbonyl (C=O) groups excluding carboxylic acids is 1.